The standard InChI is InChI=1S/C25H36N4O3/c1-18-5-6-20(17-19(18)2)22-23(27(4)21-7-9-26(3)10-8-21)25(31)29(24(22)30)12-11-28-13-15-32-16-14-28/h5-6,17,21H,7-16H2,1-4H3. The van der Waals surface area contributed by atoms with Crippen LogP contribution in [0.3, 0.4) is 0 Å². The molecule has 1 aromatic rings. The number of imide groups is 1. The van der Waals surface area contributed by atoms with Gasteiger partial charge in [0.1, 0.15) is 5.70 Å². The Morgan fingerprint density at radius 1 is 0.969 bits per heavy atom. The molecular formula is C25H36N4O3. The Balaban J connectivity index is 1.63. The summed E-state index contributed by atoms with van der Waals surface area (Å²) in [5.41, 5.74) is 4.27. The first kappa shape index (κ1) is 23.0. The van der Waals surface area contributed by atoms with Crippen molar-refractivity contribution in [3.05, 3.63) is 40.6 Å². The van der Waals surface area contributed by atoms with Crippen molar-refractivity contribution < 1.29 is 14.3 Å². The number of amides is 2. The normalized spacial score (nSPS) is 21.7. The van der Waals surface area contributed by atoms with Gasteiger partial charge >= 0.3 is 0 Å². The summed E-state index contributed by atoms with van der Waals surface area (Å²) in [6, 6.07) is 6.33. The van der Waals surface area contributed by atoms with E-state index >= 15 is 0 Å². The van der Waals surface area contributed by atoms with E-state index in [1.165, 1.54) is 10.5 Å². The van der Waals surface area contributed by atoms with Crippen LogP contribution < -0.4 is 0 Å². The van der Waals surface area contributed by atoms with E-state index < -0.39 is 0 Å². The van der Waals surface area contributed by atoms with Gasteiger partial charge < -0.3 is 14.5 Å². The highest BCUT2D eigenvalue weighted by Gasteiger charge is 2.42. The van der Waals surface area contributed by atoms with Crippen molar-refractivity contribution in [1.82, 2.24) is 19.6 Å². The van der Waals surface area contributed by atoms with E-state index in [1.807, 2.05) is 25.2 Å². The molecule has 3 aliphatic heterocycles. The molecule has 0 N–H and O–H groups in total. The molecule has 0 bridgehead atoms. The first-order valence-electron chi connectivity index (χ1n) is 11.8. The van der Waals surface area contributed by atoms with Gasteiger partial charge in [0, 0.05) is 39.3 Å². The van der Waals surface area contributed by atoms with E-state index in [0.29, 0.717) is 37.6 Å². The van der Waals surface area contributed by atoms with E-state index in [4.69, 9.17) is 4.74 Å². The topological polar surface area (TPSA) is 56.3 Å². The molecule has 1 aromatic carbocycles. The van der Waals surface area contributed by atoms with Crippen molar-refractivity contribution >= 4 is 17.4 Å². The van der Waals surface area contributed by atoms with Gasteiger partial charge in [0.05, 0.1) is 18.8 Å². The average Bonchev–Trinajstić information content (AvgIpc) is 3.04. The van der Waals surface area contributed by atoms with Crippen LogP contribution in [0, 0.1) is 13.8 Å². The third-order valence-corrected chi connectivity index (χ3v) is 7.27. The molecule has 3 heterocycles. The largest absolute Gasteiger partial charge is 0.379 e. The van der Waals surface area contributed by atoms with Gasteiger partial charge in [-0.1, -0.05) is 18.2 Å². The monoisotopic (exact) mass is 440 g/mol. The van der Waals surface area contributed by atoms with Gasteiger partial charge in [0.25, 0.3) is 11.8 Å². The summed E-state index contributed by atoms with van der Waals surface area (Å²) in [4.78, 5) is 35.4. The van der Waals surface area contributed by atoms with Crippen molar-refractivity contribution in [3.8, 4) is 0 Å². The Morgan fingerprint density at radius 2 is 1.66 bits per heavy atom. The quantitative estimate of drug-likeness (QED) is 0.628. The van der Waals surface area contributed by atoms with Crippen LogP contribution in [0.5, 0.6) is 0 Å². The minimum atomic E-state index is -0.165. The molecule has 2 amide bonds. The number of morpholine rings is 1. The molecule has 2 fully saturated rings. The summed E-state index contributed by atoms with van der Waals surface area (Å²) >= 11 is 0. The number of ether oxygens (including phenoxy) is 1. The van der Waals surface area contributed by atoms with Crippen LogP contribution in [-0.2, 0) is 14.3 Å². The lowest BCUT2D eigenvalue weighted by Gasteiger charge is -2.36. The molecule has 0 aromatic heterocycles. The van der Waals surface area contributed by atoms with Crippen LogP contribution in [-0.4, -0.2) is 104 Å². The molecule has 0 aliphatic carbocycles. The van der Waals surface area contributed by atoms with E-state index in [0.717, 1.165) is 50.1 Å². The number of benzene rings is 1. The Morgan fingerprint density at radius 3 is 2.31 bits per heavy atom. The molecule has 174 valence electrons. The van der Waals surface area contributed by atoms with Crippen LogP contribution in [0.25, 0.3) is 5.57 Å². The second-order valence-electron chi connectivity index (χ2n) is 9.38. The third kappa shape index (κ3) is 4.60. The Labute approximate surface area is 191 Å². The summed E-state index contributed by atoms with van der Waals surface area (Å²) in [5.74, 6) is -0.320. The third-order valence-electron chi connectivity index (χ3n) is 7.27. The number of aryl methyl sites for hydroxylation is 2. The molecule has 2 saturated heterocycles. The highest BCUT2D eigenvalue weighted by molar-refractivity contribution is 6.35. The van der Waals surface area contributed by atoms with Crippen LogP contribution in [0.1, 0.15) is 29.5 Å². The Kier molecular flexibility index (Phi) is 6.98. The summed E-state index contributed by atoms with van der Waals surface area (Å²) in [5, 5.41) is 0. The Bertz CT molecular complexity index is 898. The maximum absolute atomic E-state index is 13.6. The molecule has 4 rings (SSSR count). The van der Waals surface area contributed by atoms with Crippen molar-refractivity contribution in [3.63, 3.8) is 0 Å². The van der Waals surface area contributed by atoms with Crippen molar-refractivity contribution in [2.75, 3.05) is 66.6 Å². The molecule has 0 unspecified atom stereocenters. The predicted molar refractivity (Wildman–Crippen MR) is 125 cm³/mol. The summed E-state index contributed by atoms with van der Waals surface area (Å²) in [6.07, 6.45) is 1.98. The number of carbonyl (C=O) groups excluding carboxylic acids is 2. The fraction of sp³-hybridized carbons (Fsp3) is 0.600. The number of carbonyl (C=O) groups is 2. The van der Waals surface area contributed by atoms with Gasteiger partial charge in [-0.3, -0.25) is 19.4 Å². The lowest BCUT2D eigenvalue weighted by Crippen LogP contribution is -2.45. The number of nitrogens with zero attached hydrogens (tertiary/aromatic N) is 4. The smallest absolute Gasteiger partial charge is 0.277 e. The lowest BCUT2D eigenvalue weighted by molar-refractivity contribution is -0.138. The summed E-state index contributed by atoms with van der Waals surface area (Å²) < 4.78 is 5.43. The number of likely N-dealkylation sites (N-methyl/N-ethyl adjacent to an activating group) is 1. The van der Waals surface area contributed by atoms with Crippen LogP contribution in [0.15, 0.2) is 23.9 Å². The van der Waals surface area contributed by atoms with E-state index in [9.17, 15) is 9.59 Å². The molecule has 7 nitrogen and oxygen atoms in total. The average molecular weight is 441 g/mol. The zero-order valence-corrected chi connectivity index (χ0v) is 19.9. The minimum absolute atomic E-state index is 0.155. The van der Waals surface area contributed by atoms with Crippen LogP contribution >= 0.6 is 0 Å². The van der Waals surface area contributed by atoms with Gasteiger partial charge in [0.2, 0.25) is 0 Å². The number of rotatable bonds is 6. The predicted octanol–water partition coefficient (Wildman–Crippen LogP) is 1.74. The molecule has 32 heavy (non-hydrogen) atoms. The molecular weight excluding hydrogens is 404 g/mol. The van der Waals surface area contributed by atoms with Gasteiger partial charge in [0.15, 0.2) is 0 Å². The summed E-state index contributed by atoms with van der Waals surface area (Å²) in [7, 11) is 4.12. The first-order chi connectivity index (χ1) is 15.4. The van der Waals surface area contributed by atoms with Gasteiger partial charge in [-0.05, 0) is 63.5 Å². The maximum atomic E-state index is 13.6. The number of hydrogen-bond donors (Lipinski definition) is 0. The maximum Gasteiger partial charge on any atom is 0.277 e. The fourth-order valence-corrected chi connectivity index (χ4v) is 4.88. The van der Waals surface area contributed by atoms with Crippen molar-refractivity contribution in [1.29, 1.82) is 0 Å². The Hall–Kier alpha value is -2.22. The second-order valence-corrected chi connectivity index (χ2v) is 9.38. The molecule has 0 saturated carbocycles. The van der Waals surface area contributed by atoms with Crippen molar-refractivity contribution in [2.24, 2.45) is 0 Å². The summed E-state index contributed by atoms with van der Waals surface area (Å²) in [6.45, 7) is 10.3. The SMILES string of the molecule is Cc1ccc(C2=C(N(C)C3CCN(C)CC3)C(=O)N(CCN3CCOCC3)C2=O)cc1C. The number of hydrogen-bond acceptors (Lipinski definition) is 6. The zero-order chi connectivity index (χ0) is 22.8. The van der Waals surface area contributed by atoms with Crippen molar-refractivity contribution in [2.45, 2.75) is 32.7 Å². The first-order valence-corrected chi connectivity index (χ1v) is 11.8. The molecule has 0 spiro atoms. The van der Waals surface area contributed by atoms with E-state index in [-0.39, 0.29) is 17.9 Å². The van der Waals surface area contributed by atoms with Crippen LogP contribution in [0.4, 0.5) is 0 Å². The van der Waals surface area contributed by atoms with Gasteiger partial charge in [-0.2, -0.15) is 0 Å². The lowest BCUT2D eigenvalue weighted by atomic mass is 9.97. The second kappa shape index (κ2) is 9.73. The van der Waals surface area contributed by atoms with Gasteiger partial charge in [-0.15, -0.1) is 0 Å². The number of likely N-dealkylation sites (tertiary alicyclic amines) is 1. The number of piperidine rings is 1. The highest BCUT2D eigenvalue weighted by Crippen LogP contribution is 2.34. The van der Waals surface area contributed by atoms with Gasteiger partial charge in [-0.25, -0.2) is 0 Å². The molecule has 0 atom stereocenters. The molecule has 0 radical (unpaired) electrons. The minimum Gasteiger partial charge on any atom is -0.379 e. The zero-order valence-electron chi connectivity index (χ0n) is 19.9. The fourth-order valence-electron chi connectivity index (χ4n) is 4.88. The van der Waals surface area contributed by atoms with E-state index in [1.54, 1.807) is 0 Å². The highest BCUT2D eigenvalue weighted by atomic mass is 16.5. The molecule has 7 heteroatoms. The van der Waals surface area contributed by atoms with E-state index in [2.05, 4.69) is 35.6 Å². The molecule has 3 aliphatic rings. The van der Waals surface area contributed by atoms with Crippen LogP contribution in [0.2, 0.25) is 0 Å².